The van der Waals surface area contributed by atoms with Crippen molar-refractivity contribution in [2.24, 2.45) is 0 Å². The Labute approximate surface area is 200 Å². The van der Waals surface area contributed by atoms with Crippen LogP contribution in [0.2, 0.25) is 5.02 Å². The van der Waals surface area contributed by atoms with Crippen LogP contribution in [-0.4, -0.2) is 70.7 Å². The number of hydrogen-bond acceptors (Lipinski definition) is 9. The van der Waals surface area contributed by atoms with Crippen LogP contribution in [0.1, 0.15) is 16.4 Å². The third-order valence-electron chi connectivity index (χ3n) is 5.03. The molecule has 2 aromatic heterocycles. The molecule has 14 heteroatoms. The highest BCUT2D eigenvalue weighted by Gasteiger charge is 2.54. The zero-order valence-corrected chi connectivity index (χ0v) is 20.5. The highest BCUT2D eigenvalue weighted by atomic mass is 35.5. The van der Waals surface area contributed by atoms with Gasteiger partial charge in [0.25, 0.3) is 5.91 Å². The fraction of sp³-hybridized carbons (Fsp3) is 0.444. The monoisotopic (exact) mass is 514 g/mol. The van der Waals surface area contributed by atoms with E-state index in [9.17, 15) is 19.5 Å². The SMILES string of the molecule is Cc1nnc(SCC2=C(C(=O)O)N3C(=O)[C@H](NC(=O)Cn4nc(C)c(Cl)c4C)[C@@H]3SC2)s1. The van der Waals surface area contributed by atoms with Crippen LogP contribution >= 0.6 is 46.5 Å². The minimum atomic E-state index is -1.16. The van der Waals surface area contributed by atoms with Crippen LogP contribution in [-0.2, 0) is 20.9 Å². The van der Waals surface area contributed by atoms with Gasteiger partial charge in [0.1, 0.15) is 28.7 Å². The van der Waals surface area contributed by atoms with Gasteiger partial charge in [-0.25, -0.2) is 4.79 Å². The fourth-order valence-corrected chi connectivity index (χ4v) is 6.90. The summed E-state index contributed by atoms with van der Waals surface area (Å²) in [4.78, 5) is 38.5. The molecule has 4 heterocycles. The van der Waals surface area contributed by atoms with Gasteiger partial charge in [0.15, 0.2) is 4.34 Å². The summed E-state index contributed by atoms with van der Waals surface area (Å²) < 4.78 is 2.23. The molecule has 10 nitrogen and oxygen atoms in total. The minimum Gasteiger partial charge on any atom is -0.477 e. The fourth-order valence-electron chi connectivity index (χ4n) is 3.46. The summed E-state index contributed by atoms with van der Waals surface area (Å²) in [6.45, 7) is 5.28. The Bertz CT molecular complexity index is 1150. The summed E-state index contributed by atoms with van der Waals surface area (Å²) in [5, 5.41) is 25.6. The van der Waals surface area contributed by atoms with Crippen LogP contribution in [0.25, 0.3) is 0 Å². The van der Waals surface area contributed by atoms with Gasteiger partial charge in [-0.05, 0) is 26.3 Å². The number of aryl methyl sites for hydroxylation is 2. The Morgan fingerprint density at radius 2 is 2.06 bits per heavy atom. The van der Waals surface area contributed by atoms with Gasteiger partial charge in [0.2, 0.25) is 5.91 Å². The van der Waals surface area contributed by atoms with Gasteiger partial charge in [0.05, 0.1) is 16.4 Å². The number of carbonyl (C=O) groups excluding carboxylic acids is 2. The average molecular weight is 515 g/mol. The molecule has 0 aliphatic carbocycles. The van der Waals surface area contributed by atoms with Crippen LogP contribution in [0.4, 0.5) is 0 Å². The summed E-state index contributed by atoms with van der Waals surface area (Å²) in [6.07, 6.45) is 0. The number of halogens is 1. The molecule has 170 valence electrons. The first kappa shape index (κ1) is 23.1. The number of fused-ring (bicyclic) bond motifs is 1. The molecule has 1 fully saturated rings. The van der Waals surface area contributed by atoms with E-state index in [-0.39, 0.29) is 18.1 Å². The van der Waals surface area contributed by atoms with Gasteiger partial charge in [-0.3, -0.25) is 19.2 Å². The molecular formula is C18H19ClN6O4S3. The molecule has 4 rings (SSSR count). The molecule has 0 spiro atoms. The van der Waals surface area contributed by atoms with Gasteiger partial charge in [0, 0.05) is 11.5 Å². The van der Waals surface area contributed by atoms with Crippen molar-refractivity contribution in [1.82, 2.24) is 30.2 Å². The number of carboxylic acids is 1. The lowest BCUT2D eigenvalue weighted by atomic mass is 10.0. The molecule has 0 radical (unpaired) electrons. The van der Waals surface area contributed by atoms with Gasteiger partial charge < -0.3 is 10.4 Å². The van der Waals surface area contributed by atoms with Crippen molar-refractivity contribution in [3.05, 3.63) is 32.7 Å². The van der Waals surface area contributed by atoms with Crippen molar-refractivity contribution in [2.45, 2.75) is 43.1 Å². The molecular weight excluding hydrogens is 496 g/mol. The van der Waals surface area contributed by atoms with E-state index in [1.54, 1.807) is 13.8 Å². The highest BCUT2D eigenvalue weighted by molar-refractivity contribution is 8.01. The van der Waals surface area contributed by atoms with Crippen LogP contribution in [0.15, 0.2) is 15.6 Å². The van der Waals surface area contributed by atoms with Crippen molar-refractivity contribution in [2.75, 3.05) is 11.5 Å². The molecule has 0 aromatic carbocycles. The van der Waals surface area contributed by atoms with Crippen LogP contribution in [0.5, 0.6) is 0 Å². The third kappa shape index (κ3) is 4.26. The quantitative estimate of drug-likeness (QED) is 0.419. The second-order valence-corrected chi connectivity index (χ2v) is 11.1. The number of carbonyl (C=O) groups is 3. The molecule has 0 unspecified atom stereocenters. The van der Waals surface area contributed by atoms with E-state index < -0.39 is 23.3 Å². The van der Waals surface area contributed by atoms with Crippen molar-refractivity contribution >= 4 is 64.2 Å². The van der Waals surface area contributed by atoms with Crippen LogP contribution < -0.4 is 5.32 Å². The maximum absolute atomic E-state index is 12.8. The Balaban J connectivity index is 1.43. The van der Waals surface area contributed by atoms with E-state index in [2.05, 4.69) is 20.6 Å². The first-order valence-corrected chi connectivity index (χ1v) is 12.7. The summed E-state index contributed by atoms with van der Waals surface area (Å²) in [5.74, 6) is -1.14. The predicted molar refractivity (Wildman–Crippen MR) is 122 cm³/mol. The highest BCUT2D eigenvalue weighted by Crippen LogP contribution is 2.41. The Morgan fingerprint density at radius 3 is 2.66 bits per heavy atom. The van der Waals surface area contributed by atoms with Gasteiger partial charge in [-0.2, -0.15) is 5.10 Å². The number of nitrogens with one attached hydrogen (secondary N) is 1. The average Bonchev–Trinajstić information content (AvgIpc) is 3.27. The standard InChI is InChI=1S/C18H19ClN6O4S3/c1-7-12(19)8(2)24(23-7)4-11(26)20-13-15(27)25-14(17(28)29)10(5-30-16(13)25)6-31-18-22-21-9(3)32-18/h13,16H,4-6H2,1-3H3,(H,20,26)(H,28,29)/t13-,16-/m0/s1. The summed E-state index contributed by atoms with van der Waals surface area (Å²) >= 11 is 10.4. The maximum Gasteiger partial charge on any atom is 0.352 e. The maximum atomic E-state index is 12.8. The molecule has 0 saturated carbocycles. The second kappa shape index (κ2) is 9.04. The first-order chi connectivity index (χ1) is 15.2. The molecule has 0 bridgehead atoms. The molecule has 2 amide bonds. The number of carboxylic acid groups (broad SMARTS) is 1. The van der Waals surface area contributed by atoms with Crippen molar-refractivity contribution in [3.63, 3.8) is 0 Å². The van der Waals surface area contributed by atoms with E-state index in [0.717, 1.165) is 9.35 Å². The smallest absolute Gasteiger partial charge is 0.352 e. The number of thioether (sulfide) groups is 2. The van der Waals surface area contributed by atoms with Gasteiger partial charge in [-0.15, -0.1) is 22.0 Å². The zero-order chi connectivity index (χ0) is 23.2. The molecule has 2 N–H and O–H groups in total. The Morgan fingerprint density at radius 1 is 1.31 bits per heavy atom. The minimum absolute atomic E-state index is 0.0108. The Hall–Kier alpha value is -2.09. The number of β-lactam (4-membered cyclic amide) rings is 1. The largest absolute Gasteiger partial charge is 0.477 e. The van der Waals surface area contributed by atoms with E-state index in [0.29, 0.717) is 33.5 Å². The lowest BCUT2D eigenvalue weighted by Gasteiger charge is -2.49. The van der Waals surface area contributed by atoms with Crippen LogP contribution in [0, 0.1) is 20.8 Å². The van der Waals surface area contributed by atoms with Gasteiger partial charge in [-0.1, -0.05) is 34.7 Å². The van der Waals surface area contributed by atoms with Crippen molar-refractivity contribution in [1.29, 1.82) is 0 Å². The van der Waals surface area contributed by atoms with Crippen LogP contribution in [0.3, 0.4) is 0 Å². The first-order valence-electron chi connectivity index (χ1n) is 9.49. The van der Waals surface area contributed by atoms with E-state index in [1.807, 2.05) is 6.92 Å². The number of aromatic nitrogens is 4. The zero-order valence-electron chi connectivity index (χ0n) is 17.3. The molecule has 2 aromatic rings. The number of rotatable bonds is 7. The summed E-state index contributed by atoms with van der Waals surface area (Å²) in [6, 6.07) is -0.783. The molecule has 2 aliphatic heterocycles. The Kier molecular flexibility index (Phi) is 6.52. The van der Waals surface area contributed by atoms with E-state index in [1.165, 1.54) is 44.4 Å². The number of amides is 2. The molecule has 32 heavy (non-hydrogen) atoms. The van der Waals surface area contributed by atoms with E-state index in [4.69, 9.17) is 11.6 Å². The van der Waals surface area contributed by atoms with Crippen molar-refractivity contribution in [3.8, 4) is 0 Å². The summed E-state index contributed by atoms with van der Waals surface area (Å²) in [7, 11) is 0. The summed E-state index contributed by atoms with van der Waals surface area (Å²) in [5.41, 5.74) is 1.92. The second-order valence-electron chi connectivity index (χ2n) is 7.23. The molecule has 1 saturated heterocycles. The van der Waals surface area contributed by atoms with Crippen molar-refractivity contribution < 1.29 is 19.5 Å². The molecule has 2 aliphatic rings. The van der Waals surface area contributed by atoms with Gasteiger partial charge >= 0.3 is 5.97 Å². The molecule has 2 atom stereocenters. The third-order valence-corrected chi connectivity index (χ3v) is 8.98. The lowest BCUT2D eigenvalue weighted by molar-refractivity contribution is -0.150. The normalized spacial score (nSPS) is 20.2. The lowest BCUT2D eigenvalue weighted by Crippen LogP contribution is -2.70. The van der Waals surface area contributed by atoms with E-state index >= 15 is 0 Å². The number of nitrogens with zero attached hydrogens (tertiary/aromatic N) is 5. The number of hydrogen-bond donors (Lipinski definition) is 2. The topological polar surface area (TPSA) is 130 Å². The predicted octanol–water partition coefficient (Wildman–Crippen LogP) is 1.84. The number of aliphatic carboxylic acids is 1.